The van der Waals surface area contributed by atoms with E-state index in [9.17, 15) is 9.59 Å². The van der Waals surface area contributed by atoms with Crippen LogP contribution in [0.4, 0.5) is 4.79 Å². The normalized spacial score (nSPS) is 9.95. The summed E-state index contributed by atoms with van der Waals surface area (Å²) in [7, 11) is 0. The van der Waals surface area contributed by atoms with E-state index in [1.165, 1.54) is 0 Å². The molecule has 0 spiro atoms. The van der Waals surface area contributed by atoms with Gasteiger partial charge in [-0.15, -0.1) is 0 Å². The number of carbonyl (C=O) groups is 2. The monoisotopic (exact) mass is 291 g/mol. The van der Waals surface area contributed by atoms with E-state index in [0.29, 0.717) is 10.6 Å². The quantitative estimate of drug-likeness (QED) is 0.851. The summed E-state index contributed by atoms with van der Waals surface area (Å²) >= 11 is 6.70. The van der Waals surface area contributed by atoms with Gasteiger partial charge < -0.3 is 0 Å². The third-order valence-corrected chi connectivity index (χ3v) is 3.32. The van der Waals surface area contributed by atoms with Crippen molar-refractivity contribution in [3.05, 3.63) is 65.2 Å². The number of thioether (sulfide) groups is 1. The first-order chi connectivity index (χ1) is 9.15. The van der Waals surface area contributed by atoms with Crippen LogP contribution in [0, 0.1) is 0 Å². The fraction of sp³-hybridized carbons (Fsp3) is 0. The van der Waals surface area contributed by atoms with Crippen molar-refractivity contribution < 1.29 is 9.59 Å². The van der Waals surface area contributed by atoms with Gasteiger partial charge in [0.2, 0.25) is 0 Å². The molecule has 2 amide bonds. The number of rotatable bonds is 2. The Labute approximate surface area is 120 Å². The van der Waals surface area contributed by atoms with E-state index in [-0.39, 0.29) is 0 Å². The van der Waals surface area contributed by atoms with Crippen LogP contribution in [-0.4, -0.2) is 11.1 Å². The van der Waals surface area contributed by atoms with Gasteiger partial charge in [0.15, 0.2) is 0 Å². The van der Waals surface area contributed by atoms with Crippen LogP contribution in [0.2, 0.25) is 5.02 Å². The molecular formula is C14H10ClNO2S. The number of hydrogen-bond donors (Lipinski definition) is 1. The molecule has 2 rings (SSSR count). The molecule has 0 radical (unpaired) electrons. The van der Waals surface area contributed by atoms with E-state index in [2.05, 4.69) is 5.32 Å². The average molecular weight is 292 g/mol. The molecule has 0 aliphatic carbocycles. The van der Waals surface area contributed by atoms with Gasteiger partial charge >= 0.3 is 0 Å². The lowest BCUT2D eigenvalue weighted by atomic mass is 10.2. The Balaban J connectivity index is 1.95. The van der Waals surface area contributed by atoms with Crippen molar-refractivity contribution in [2.45, 2.75) is 4.90 Å². The molecule has 2 aromatic carbocycles. The molecule has 96 valence electrons. The van der Waals surface area contributed by atoms with E-state index in [1.807, 2.05) is 18.2 Å². The third kappa shape index (κ3) is 4.12. The van der Waals surface area contributed by atoms with E-state index < -0.39 is 11.1 Å². The van der Waals surface area contributed by atoms with Gasteiger partial charge in [0.05, 0.1) is 0 Å². The van der Waals surface area contributed by atoms with E-state index in [0.717, 1.165) is 16.7 Å². The van der Waals surface area contributed by atoms with Crippen LogP contribution < -0.4 is 5.32 Å². The zero-order chi connectivity index (χ0) is 13.7. The molecule has 0 atom stereocenters. The summed E-state index contributed by atoms with van der Waals surface area (Å²) in [6, 6.07) is 15.5. The molecule has 3 nitrogen and oxygen atoms in total. The molecule has 0 saturated heterocycles. The minimum Gasteiger partial charge on any atom is -0.283 e. The zero-order valence-corrected chi connectivity index (χ0v) is 11.4. The average Bonchev–Trinajstić information content (AvgIpc) is 2.40. The molecular weight excluding hydrogens is 282 g/mol. The summed E-state index contributed by atoms with van der Waals surface area (Å²) in [6.45, 7) is 0. The summed E-state index contributed by atoms with van der Waals surface area (Å²) in [6.07, 6.45) is 0. The number of halogens is 1. The lowest BCUT2D eigenvalue weighted by Gasteiger charge is -2.03. The molecule has 0 bridgehead atoms. The molecule has 0 fully saturated rings. The van der Waals surface area contributed by atoms with Crippen molar-refractivity contribution in [1.82, 2.24) is 5.32 Å². The summed E-state index contributed by atoms with van der Waals surface area (Å²) in [5.74, 6) is -0.440. The smallest absolute Gasteiger partial charge is 0.283 e. The number of amides is 2. The van der Waals surface area contributed by atoms with E-state index >= 15 is 0 Å². The summed E-state index contributed by atoms with van der Waals surface area (Å²) in [5.41, 5.74) is 0.395. The van der Waals surface area contributed by atoms with Crippen molar-refractivity contribution in [3.63, 3.8) is 0 Å². The maximum atomic E-state index is 11.8. The van der Waals surface area contributed by atoms with Gasteiger partial charge in [0.1, 0.15) is 0 Å². The number of benzene rings is 2. The molecule has 0 unspecified atom stereocenters. The number of carbonyl (C=O) groups excluding carboxylic acids is 2. The predicted molar refractivity (Wildman–Crippen MR) is 76.6 cm³/mol. The molecule has 19 heavy (non-hydrogen) atoms. The highest BCUT2D eigenvalue weighted by Gasteiger charge is 2.11. The van der Waals surface area contributed by atoms with Crippen LogP contribution in [0.15, 0.2) is 59.5 Å². The second-order valence-electron chi connectivity index (χ2n) is 3.66. The van der Waals surface area contributed by atoms with Crippen LogP contribution in [0.3, 0.4) is 0 Å². The zero-order valence-electron chi connectivity index (χ0n) is 9.80. The van der Waals surface area contributed by atoms with Crippen LogP contribution in [-0.2, 0) is 0 Å². The molecule has 2 aromatic rings. The lowest BCUT2D eigenvalue weighted by Crippen LogP contribution is -2.26. The second kappa shape index (κ2) is 6.41. The SMILES string of the molecule is O=C(NC(=O)c1ccc(Cl)cc1)Sc1ccccc1. The van der Waals surface area contributed by atoms with Crippen molar-refractivity contribution in [1.29, 1.82) is 0 Å². The molecule has 5 heteroatoms. The van der Waals surface area contributed by atoms with E-state index in [4.69, 9.17) is 11.6 Å². The molecule has 1 N–H and O–H groups in total. The molecule has 0 aromatic heterocycles. The van der Waals surface area contributed by atoms with Gasteiger partial charge in [-0.25, -0.2) is 0 Å². The molecule has 0 aliphatic rings. The maximum absolute atomic E-state index is 11.8. The van der Waals surface area contributed by atoms with Crippen LogP contribution >= 0.6 is 23.4 Å². The second-order valence-corrected chi connectivity index (χ2v) is 5.15. The number of nitrogens with one attached hydrogen (secondary N) is 1. The first kappa shape index (κ1) is 13.6. The Kier molecular flexibility index (Phi) is 4.60. The Hall–Kier alpha value is -1.78. The summed E-state index contributed by atoms with van der Waals surface area (Å²) < 4.78 is 0. The molecule has 0 aliphatic heterocycles. The standard InChI is InChI=1S/C14H10ClNO2S/c15-11-8-6-10(7-9-11)13(17)16-14(18)19-12-4-2-1-3-5-12/h1-9H,(H,16,17,18). The van der Waals surface area contributed by atoms with Gasteiger partial charge in [-0.3, -0.25) is 14.9 Å². The number of imide groups is 1. The molecule has 0 heterocycles. The van der Waals surface area contributed by atoms with Gasteiger partial charge in [-0.05, 0) is 48.2 Å². The largest absolute Gasteiger partial charge is 0.290 e. The first-order valence-electron chi connectivity index (χ1n) is 5.49. The van der Waals surface area contributed by atoms with Gasteiger partial charge in [-0.2, -0.15) is 0 Å². The van der Waals surface area contributed by atoms with Crippen LogP contribution in [0.25, 0.3) is 0 Å². The lowest BCUT2D eigenvalue weighted by molar-refractivity contribution is 0.0969. The highest BCUT2D eigenvalue weighted by atomic mass is 35.5. The fourth-order valence-electron chi connectivity index (χ4n) is 1.39. The Morgan fingerprint density at radius 3 is 2.21 bits per heavy atom. The van der Waals surface area contributed by atoms with E-state index in [1.54, 1.807) is 36.4 Å². The number of hydrogen-bond acceptors (Lipinski definition) is 3. The van der Waals surface area contributed by atoms with Crippen molar-refractivity contribution >= 4 is 34.5 Å². The topological polar surface area (TPSA) is 46.2 Å². The van der Waals surface area contributed by atoms with Crippen molar-refractivity contribution in [3.8, 4) is 0 Å². The highest BCUT2D eigenvalue weighted by Crippen LogP contribution is 2.18. The van der Waals surface area contributed by atoms with Crippen LogP contribution in [0.1, 0.15) is 10.4 Å². The van der Waals surface area contributed by atoms with Crippen LogP contribution in [0.5, 0.6) is 0 Å². The highest BCUT2D eigenvalue weighted by molar-refractivity contribution is 8.13. The predicted octanol–water partition coefficient (Wildman–Crippen LogP) is 3.98. The van der Waals surface area contributed by atoms with Crippen molar-refractivity contribution in [2.24, 2.45) is 0 Å². The first-order valence-corrected chi connectivity index (χ1v) is 6.68. The Morgan fingerprint density at radius 1 is 0.947 bits per heavy atom. The fourth-order valence-corrected chi connectivity index (χ4v) is 2.16. The Bertz CT molecular complexity index is 584. The van der Waals surface area contributed by atoms with Gasteiger partial charge in [0.25, 0.3) is 11.1 Å². The van der Waals surface area contributed by atoms with Gasteiger partial charge in [-0.1, -0.05) is 29.8 Å². The minimum absolute atomic E-state index is 0.395. The minimum atomic E-state index is -0.440. The van der Waals surface area contributed by atoms with Crippen molar-refractivity contribution in [2.75, 3.05) is 0 Å². The summed E-state index contributed by atoms with van der Waals surface area (Å²) in [4.78, 5) is 24.2. The Morgan fingerprint density at radius 2 is 1.58 bits per heavy atom. The van der Waals surface area contributed by atoms with Gasteiger partial charge in [0, 0.05) is 15.5 Å². The maximum Gasteiger partial charge on any atom is 0.290 e. The molecule has 0 saturated carbocycles. The summed E-state index contributed by atoms with van der Waals surface area (Å²) in [5, 5.41) is 2.44. The third-order valence-electron chi connectivity index (χ3n) is 2.28.